The van der Waals surface area contributed by atoms with Crippen LogP contribution >= 0.6 is 0 Å². The average Bonchev–Trinajstić information content (AvgIpc) is 3.81. The zero-order chi connectivity index (χ0) is 39.3. The fourth-order valence-electron chi connectivity index (χ4n) is 9.93. The minimum absolute atomic E-state index is 0.115. The molecule has 0 aliphatic carbocycles. The van der Waals surface area contributed by atoms with Crippen molar-refractivity contribution in [1.29, 1.82) is 0 Å². The molecular formula is C40H66O13. The summed E-state index contributed by atoms with van der Waals surface area (Å²) in [5, 5.41) is 32.6. The lowest BCUT2D eigenvalue weighted by Crippen LogP contribution is -2.57. The van der Waals surface area contributed by atoms with Crippen LogP contribution in [0.4, 0.5) is 0 Å². The molecule has 0 amide bonds. The van der Waals surface area contributed by atoms with E-state index in [1.807, 2.05) is 27.7 Å². The van der Waals surface area contributed by atoms with Crippen LogP contribution in [-0.2, 0) is 47.5 Å². The van der Waals surface area contributed by atoms with E-state index in [0.29, 0.717) is 19.3 Å². The van der Waals surface area contributed by atoms with Crippen LogP contribution < -0.4 is 0 Å². The van der Waals surface area contributed by atoms with Gasteiger partial charge >= 0.3 is 17.9 Å². The van der Waals surface area contributed by atoms with Gasteiger partial charge in [0.15, 0.2) is 5.79 Å². The number of rotatable bonds is 12. The highest BCUT2D eigenvalue weighted by atomic mass is 16.7. The number of aliphatic hydroxyl groups is 2. The highest BCUT2D eigenvalue weighted by molar-refractivity contribution is 5.73. The Labute approximate surface area is 315 Å². The van der Waals surface area contributed by atoms with E-state index in [-0.39, 0.29) is 79.9 Å². The quantitative estimate of drug-likeness (QED) is 0.223. The SMILES string of the molecule is CCC(=O)OC[C@]1(O)O[C@H]([C@H]2C[C@H](C)[C@H]([C@]3(C)CC[C@H]([C@]4(C)CC[C@]5(C[C@H](O)[C@@H](C)[C@@H]([C@@H](C)[C@@H](OC(=O)CC)[C@H](C)C(=O)O)O5)O4)O3)O2)[C@@H](C)C[C@H]1C. The summed E-state index contributed by atoms with van der Waals surface area (Å²) in [7, 11) is 0. The second-order valence-corrected chi connectivity index (χ2v) is 17.7. The van der Waals surface area contributed by atoms with Crippen LogP contribution in [0.2, 0.25) is 0 Å². The van der Waals surface area contributed by atoms with Crippen LogP contribution in [0.5, 0.6) is 0 Å². The van der Waals surface area contributed by atoms with E-state index in [1.165, 1.54) is 6.92 Å². The number of carboxylic acids is 1. The largest absolute Gasteiger partial charge is 0.481 e. The maximum atomic E-state index is 12.4. The van der Waals surface area contributed by atoms with E-state index in [0.717, 1.165) is 19.3 Å². The number of aliphatic carboxylic acids is 1. The number of carbonyl (C=O) groups excluding carboxylic acids is 2. The second-order valence-electron chi connectivity index (χ2n) is 17.7. The van der Waals surface area contributed by atoms with Crippen LogP contribution in [0.15, 0.2) is 0 Å². The smallest absolute Gasteiger partial charge is 0.309 e. The fraction of sp³-hybridized carbons (Fsp3) is 0.925. The molecule has 0 radical (unpaired) electrons. The molecule has 0 bridgehead atoms. The standard InChI is InChI=1S/C40H66O13/c1-11-30(42)47-20-40(46)23(5)17-21(3)32(52-40)28-18-22(4)35(48-28)38(10)14-13-29(50-38)37(9)15-16-39(53-37)19-27(41)24(6)34(51-39)25(7)33(26(8)36(44)45)49-31(43)12-2/h21-29,32-35,41,46H,11-20H2,1-10H3,(H,44,45)/t21-,22-,23+,24+,25-,26-,27-,28+,29+,32-,33+,34-,35+,37-,38-,39+,40-/m0/s1. The van der Waals surface area contributed by atoms with Crippen molar-refractivity contribution in [2.24, 2.45) is 35.5 Å². The predicted octanol–water partition coefficient (Wildman–Crippen LogP) is 5.15. The monoisotopic (exact) mass is 754 g/mol. The number of carboxylic acid groups (broad SMARTS) is 1. The molecule has 13 nitrogen and oxygen atoms in total. The van der Waals surface area contributed by atoms with Crippen molar-refractivity contribution in [3.05, 3.63) is 0 Å². The Kier molecular flexibility index (Phi) is 12.7. The van der Waals surface area contributed by atoms with E-state index < -0.39 is 64.9 Å². The lowest BCUT2D eigenvalue weighted by molar-refractivity contribution is -0.335. The van der Waals surface area contributed by atoms with Crippen molar-refractivity contribution < 1.29 is 62.9 Å². The van der Waals surface area contributed by atoms with Gasteiger partial charge in [-0.1, -0.05) is 48.5 Å². The molecule has 53 heavy (non-hydrogen) atoms. The summed E-state index contributed by atoms with van der Waals surface area (Å²) < 4.78 is 44.8. The first-order valence-corrected chi connectivity index (χ1v) is 20.1. The fourth-order valence-corrected chi connectivity index (χ4v) is 9.93. The number of aliphatic hydroxyl groups excluding tert-OH is 1. The second kappa shape index (κ2) is 15.9. The lowest BCUT2D eigenvalue weighted by Gasteiger charge is -2.48. The number of esters is 2. The zero-order valence-electron chi connectivity index (χ0n) is 33.5. The van der Waals surface area contributed by atoms with Crippen molar-refractivity contribution in [3.63, 3.8) is 0 Å². The normalized spacial score (nSPS) is 46.2. The Bertz CT molecular complexity index is 1330. The summed E-state index contributed by atoms with van der Waals surface area (Å²) in [5.41, 5.74) is -1.33. The average molecular weight is 755 g/mol. The van der Waals surface area contributed by atoms with Gasteiger partial charge in [0, 0.05) is 43.4 Å². The van der Waals surface area contributed by atoms with Gasteiger partial charge in [-0.2, -0.15) is 0 Å². The lowest BCUT2D eigenvalue weighted by atomic mass is 9.78. The predicted molar refractivity (Wildman–Crippen MR) is 191 cm³/mol. The van der Waals surface area contributed by atoms with Gasteiger partial charge in [0.1, 0.15) is 12.7 Å². The van der Waals surface area contributed by atoms with Gasteiger partial charge in [-0.05, 0) is 64.7 Å². The molecular weight excluding hydrogens is 688 g/mol. The summed E-state index contributed by atoms with van der Waals surface area (Å²) >= 11 is 0. The van der Waals surface area contributed by atoms with Crippen LogP contribution in [0.1, 0.15) is 127 Å². The third-order valence-corrected chi connectivity index (χ3v) is 13.4. The minimum Gasteiger partial charge on any atom is -0.481 e. The summed E-state index contributed by atoms with van der Waals surface area (Å²) in [6.07, 6.45) is 1.18. The molecule has 5 rings (SSSR count). The molecule has 13 heteroatoms. The van der Waals surface area contributed by atoms with E-state index in [9.17, 15) is 29.7 Å². The van der Waals surface area contributed by atoms with Crippen LogP contribution in [0.3, 0.4) is 0 Å². The molecule has 0 aromatic rings. The van der Waals surface area contributed by atoms with Crippen molar-refractivity contribution >= 4 is 17.9 Å². The first-order valence-electron chi connectivity index (χ1n) is 20.1. The van der Waals surface area contributed by atoms with Crippen molar-refractivity contribution in [1.82, 2.24) is 0 Å². The molecule has 5 heterocycles. The summed E-state index contributed by atoms with van der Waals surface area (Å²) in [5.74, 6) is -6.44. The number of ether oxygens (including phenoxy) is 7. The molecule has 0 aromatic heterocycles. The van der Waals surface area contributed by atoms with E-state index in [2.05, 4.69) is 20.8 Å². The molecule has 3 N–H and O–H groups in total. The topological polar surface area (TPSA) is 177 Å². The zero-order valence-corrected chi connectivity index (χ0v) is 33.5. The van der Waals surface area contributed by atoms with Gasteiger partial charge in [0.05, 0.1) is 53.7 Å². The van der Waals surface area contributed by atoms with Crippen molar-refractivity contribution in [2.75, 3.05) is 6.61 Å². The van der Waals surface area contributed by atoms with Crippen molar-refractivity contribution in [3.8, 4) is 0 Å². The van der Waals surface area contributed by atoms with Gasteiger partial charge in [0.2, 0.25) is 5.79 Å². The number of hydrogen-bond donors (Lipinski definition) is 3. The molecule has 1 spiro atoms. The molecule has 0 saturated carbocycles. The van der Waals surface area contributed by atoms with E-state index in [1.54, 1.807) is 13.8 Å². The first kappa shape index (κ1) is 42.3. The highest BCUT2D eigenvalue weighted by Gasteiger charge is 2.62. The highest BCUT2D eigenvalue weighted by Crippen LogP contribution is 2.54. The maximum Gasteiger partial charge on any atom is 0.309 e. The Balaban J connectivity index is 1.26. The Morgan fingerprint density at radius 3 is 2.21 bits per heavy atom. The van der Waals surface area contributed by atoms with E-state index >= 15 is 0 Å². The number of carbonyl (C=O) groups is 3. The summed E-state index contributed by atoms with van der Waals surface area (Å²) in [6.45, 7) is 18.7. The Morgan fingerprint density at radius 1 is 0.887 bits per heavy atom. The first-order chi connectivity index (χ1) is 24.7. The van der Waals surface area contributed by atoms with Crippen LogP contribution in [-0.4, -0.2) is 105 Å². The molecule has 5 fully saturated rings. The molecule has 5 aliphatic rings. The molecule has 17 atom stereocenters. The summed E-state index contributed by atoms with van der Waals surface area (Å²) in [4.78, 5) is 36.3. The van der Waals surface area contributed by atoms with Crippen molar-refractivity contribution in [2.45, 2.75) is 193 Å². The molecule has 5 aliphatic heterocycles. The third kappa shape index (κ3) is 8.46. The van der Waals surface area contributed by atoms with Gasteiger partial charge in [-0.15, -0.1) is 0 Å². The minimum atomic E-state index is -1.59. The molecule has 0 unspecified atom stereocenters. The Morgan fingerprint density at radius 2 is 1.57 bits per heavy atom. The van der Waals surface area contributed by atoms with Crippen LogP contribution in [0, 0.1) is 35.5 Å². The maximum absolute atomic E-state index is 12.4. The molecule has 5 saturated heterocycles. The van der Waals surface area contributed by atoms with Crippen LogP contribution in [0.25, 0.3) is 0 Å². The van der Waals surface area contributed by atoms with E-state index in [4.69, 9.17) is 33.2 Å². The van der Waals surface area contributed by atoms with Gasteiger partial charge in [-0.25, -0.2) is 0 Å². The Hall–Kier alpha value is -1.87. The number of hydrogen-bond acceptors (Lipinski definition) is 12. The molecule has 0 aromatic carbocycles. The third-order valence-electron chi connectivity index (χ3n) is 13.4. The van der Waals surface area contributed by atoms with Gasteiger partial charge < -0.3 is 48.5 Å². The van der Waals surface area contributed by atoms with Gasteiger partial charge in [-0.3, -0.25) is 14.4 Å². The molecule has 304 valence electrons. The van der Waals surface area contributed by atoms with Gasteiger partial charge in [0.25, 0.3) is 0 Å². The summed E-state index contributed by atoms with van der Waals surface area (Å²) in [6, 6.07) is 0.